The number of benzene rings is 2. The molecule has 1 fully saturated rings. The Hall–Kier alpha value is -2.47. The number of hydrogen-bond acceptors (Lipinski definition) is 6. The van der Waals surface area contributed by atoms with Gasteiger partial charge in [0.05, 0.1) is 11.7 Å². The molecule has 0 radical (unpaired) electrons. The van der Waals surface area contributed by atoms with Gasteiger partial charge in [-0.1, -0.05) is 44.7 Å². The first-order chi connectivity index (χ1) is 15.0. The highest BCUT2D eigenvalue weighted by atomic mass is 32.2. The number of ketones is 1. The standard InChI is InChI=1S/C26H30O5S/c1-25(2,3)19-13-22-17(12-20(19)27)9-10-26(4,31-22)15-30-18-7-5-16(6-8-18)11-23-21(28)14-24(29)32-23/h5-8,12-13,23,27H,9-11,14-15H2,1-4H3. The zero-order valence-electron chi connectivity index (χ0n) is 19.1. The molecule has 0 saturated carbocycles. The van der Waals surface area contributed by atoms with Gasteiger partial charge in [-0.05, 0) is 67.0 Å². The number of carbonyl (C=O) groups is 2. The molecule has 0 spiro atoms. The molecule has 2 aliphatic rings. The van der Waals surface area contributed by atoms with Gasteiger partial charge in [-0.25, -0.2) is 0 Å². The summed E-state index contributed by atoms with van der Waals surface area (Å²) in [6.45, 7) is 8.67. The van der Waals surface area contributed by atoms with Crippen molar-refractivity contribution in [2.24, 2.45) is 0 Å². The summed E-state index contributed by atoms with van der Waals surface area (Å²) in [5, 5.41) is 10.1. The van der Waals surface area contributed by atoms with E-state index < -0.39 is 5.60 Å². The van der Waals surface area contributed by atoms with E-state index in [9.17, 15) is 14.7 Å². The Bertz CT molecular complexity index is 1040. The third-order valence-electron chi connectivity index (χ3n) is 6.11. The molecular weight excluding hydrogens is 424 g/mol. The fraction of sp³-hybridized carbons (Fsp3) is 0.462. The Morgan fingerprint density at radius 3 is 2.53 bits per heavy atom. The number of ether oxygens (including phenoxy) is 2. The molecule has 0 bridgehead atoms. The van der Waals surface area contributed by atoms with E-state index in [0.717, 1.165) is 52.8 Å². The van der Waals surface area contributed by atoms with E-state index >= 15 is 0 Å². The number of carbonyl (C=O) groups excluding carboxylic acids is 2. The SMILES string of the molecule is CC1(COc2ccc(CC3SC(=O)CC3=O)cc2)CCc2cc(O)c(C(C)(C)C)cc2O1. The van der Waals surface area contributed by atoms with Crippen LogP contribution in [0, 0.1) is 0 Å². The van der Waals surface area contributed by atoms with Crippen LogP contribution in [0.2, 0.25) is 0 Å². The van der Waals surface area contributed by atoms with Crippen LogP contribution in [-0.4, -0.2) is 33.5 Å². The molecule has 0 aliphatic carbocycles. The average Bonchev–Trinajstić information content (AvgIpc) is 3.03. The van der Waals surface area contributed by atoms with Crippen molar-refractivity contribution in [3.8, 4) is 17.2 Å². The van der Waals surface area contributed by atoms with Crippen molar-refractivity contribution in [1.29, 1.82) is 0 Å². The maximum absolute atomic E-state index is 11.9. The van der Waals surface area contributed by atoms with E-state index in [1.165, 1.54) is 0 Å². The second-order valence-corrected chi connectivity index (χ2v) is 11.3. The van der Waals surface area contributed by atoms with Gasteiger partial charge in [0.1, 0.15) is 29.5 Å². The summed E-state index contributed by atoms with van der Waals surface area (Å²) in [6.07, 6.45) is 2.23. The van der Waals surface area contributed by atoms with Crippen LogP contribution in [0.1, 0.15) is 57.2 Å². The maximum atomic E-state index is 11.9. The van der Waals surface area contributed by atoms with Gasteiger partial charge in [-0.2, -0.15) is 0 Å². The molecule has 32 heavy (non-hydrogen) atoms. The molecule has 6 heteroatoms. The molecule has 2 aromatic rings. The Morgan fingerprint density at radius 1 is 1.19 bits per heavy atom. The van der Waals surface area contributed by atoms with Crippen LogP contribution in [0.4, 0.5) is 0 Å². The molecule has 5 nitrogen and oxygen atoms in total. The lowest BCUT2D eigenvalue weighted by atomic mass is 9.84. The predicted molar refractivity (Wildman–Crippen MR) is 126 cm³/mol. The summed E-state index contributed by atoms with van der Waals surface area (Å²) in [6, 6.07) is 11.5. The number of fused-ring (bicyclic) bond motifs is 1. The lowest BCUT2D eigenvalue weighted by molar-refractivity contribution is -0.121. The highest BCUT2D eigenvalue weighted by Crippen LogP contribution is 2.41. The van der Waals surface area contributed by atoms with Crippen molar-refractivity contribution in [2.45, 2.75) is 69.6 Å². The zero-order valence-corrected chi connectivity index (χ0v) is 19.9. The highest BCUT2D eigenvalue weighted by molar-refractivity contribution is 8.15. The number of hydrogen-bond donors (Lipinski definition) is 1. The maximum Gasteiger partial charge on any atom is 0.197 e. The molecule has 1 saturated heterocycles. The van der Waals surface area contributed by atoms with E-state index in [1.807, 2.05) is 43.3 Å². The van der Waals surface area contributed by atoms with Crippen LogP contribution < -0.4 is 9.47 Å². The minimum Gasteiger partial charge on any atom is -0.508 e. The number of aromatic hydroxyl groups is 1. The summed E-state index contributed by atoms with van der Waals surface area (Å²) in [5.74, 6) is 1.90. The molecule has 2 unspecified atom stereocenters. The summed E-state index contributed by atoms with van der Waals surface area (Å²) >= 11 is 1.15. The van der Waals surface area contributed by atoms with E-state index in [4.69, 9.17) is 9.47 Å². The number of aryl methyl sites for hydroxylation is 1. The zero-order chi connectivity index (χ0) is 23.1. The number of Topliss-reactive ketones (excluding diaryl/α,β-unsaturated/α-hetero) is 1. The first-order valence-electron chi connectivity index (χ1n) is 11.0. The van der Waals surface area contributed by atoms with Crippen LogP contribution in [-0.2, 0) is 27.8 Å². The second-order valence-electron chi connectivity index (χ2n) is 10.0. The summed E-state index contributed by atoms with van der Waals surface area (Å²) in [4.78, 5) is 23.3. The molecule has 0 amide bonds. The molecule has 170 valence electrons. The van der Waals surface area contributed by atoms with E-state index in [1.54, 1.807) is 0 Å². The molecule has 2 heterocycles. The first kappa shape index (κ1) is 22.7. The quantitative estimate of drug-likeness (QED) is 0.641. The molecular formula is C26H30O5S. The Balaban J connectivity index is 1.39. The fourth-order valence-corrected chi connectivity index (χ4v) is 5.20. The monoisotopic (exact) mass is 454 g/mol. The summed E-state index contributed by atoms with van der Waals surface area (Å²) in [7, 11) is 0. The van der Waals surface area contributed by atoms with Gasteiger partial charge in [0.2, 0.25) is 0 Å². The summed E-state index contributed by atoms with van der Waals surface area (Å²) in [5.41, 5.74) is 2.27. The number of thioether (sulfide) groups is 1. The predicted octanol–water partition coefficient (Wildman–Crippen LogP) is 5.00. The second kappa shape index (κ2) is 8.47. The molecule has 1 N–H and O–H groups in total. The van der Waals surface area contributed by atoms with Gasteiger partial charge in [-0.3, -0.25) is 9.59 Å². The fourth-order valence-electron chi connectivity index (χ4n) is 4.17. The van der Waals surface area contributed by atoms with Gasteiger partial charge in [0.15, 0.2) is 10.9 Å². The van der Waals surface area contributed by atoms with Gasteiger partial charge in [0, 0.05) is 5.56 Å². The molecule has 4 rings (SSSR count). The van der Waals surface area contributed by atoms with Crippen molar-refractivity contribution in [3.05, 3.63) is 53.1 Å². The smallest absolute Gasteiger partial charge is 0.197 e. The molecule has 0 aromatic heterocycles. The molecule has 2 atom stereocenters. The van der Waals surface area contributed by atoms with Crippen molar-refractivity contribution < 1.29 is 24.2 Å². The molecule has 2 aliphatic heterocycles. The van der Waals surface area contributed by atoms with Crippen molar-refractivity contribution in [3.63, 3.8) is 0 Å². The molecule has 2 aromatic carbocycles. The van der Waals surface area contributed by atoms with Gasteiger partial charge in [0.25, 0.3) is 0 Å². The third kappa shape index (κ3) is 4.96. The normalized spacial score (nSPS) is 23.1. The Kier molecular flexibility index (Phi) is 6.01. The average molecular weight is 455 g/mol. The largest absolute Gasteiger partial charge is 0.508 e. The summed E-state index contributed by atoms with van der Waals surface area (Å²) < 4.78 is 12.4. The lowest BCUT2D eigenvalue weighted by Crippen LogP contribution is -2.42. The van der Waals surface area contributed by atoms with Crippen molar-refractivity contribution >= 4 is 22.7 Å². The Labute approximate surface area is 193 Å². The number of phenolic OH excluding ortho intramolecular Hbond substituents is 1. The van der Waals surface area contributed by atoms with Gasteiger partial charge in [-0.15, -0.1) is 0 Å². The van der Waals surface area contributed by atoms with Gasteiger partial charge >= 0.3 is 0 Å². The van der Waals surface area contributed by atoms with Crippen molar-refractivity contribution in [2.75, 3.05) is 6.61 Å². The van der Waals surface area contributed by atoms with Crippen LogP contribution in [0.25, 0.3) is 0 Å². The number of rotatable bonds is 5. The first-order valence-corrected chi connectivity index (χ1v) is 11.9. The van der Waals surface area contributed by atoms with E-state index in [-0.39, 0.29) is 28.0 Å². The third-order valence-corrected chi connectivity index (χ3v) is 7.23. The van der Waals surface area contributed by atoms with Crippen LogP contribution in [0.5, 0.6) is 17.2 Å². The minimum atomic E-state index is -0.467. The Morgan fingerprint density at radius 2 is 1.91 bits per heavy atom. The van der Waals surface area contributed by atoms with E-state index in [2.05, 4.69) is 20.8 Å². The van der Waals surface area contributed by atoms with Crippen molar-refractivity contribution in [1.82, 2.24) is 0 Å². The topological polar surface area (TPSA) is 72.8 Å². The number of phenols is 1. The van der Waals surface area contributed by atoms with Crippen LogP contribution in [0.3, 0.4) is 0 Å². The minimum absolute atomic E-state index is 0.0194. The highest BCUT2D eigenvalue weighted by Gasteiger charge is 2.34. The van der Waals surface area contributed by atoms with Gasteiger partial charge < -0.3 is 14.6 Å². The van der Waals surface area contributed by atoms with E-state index in [0.29, 0.717) is 18.8 Å². The lowest BCUT2D eigenvalue weighted by Gasteiger charge is -2.36. The van der Waals surface area contributed by atoms with Crippen LogP contribution in [0.15, 0.2) is 36.4 Å². The van der Waals surface area contributed by atoms with Crippen LogP contribution >= 0.6 is 11.8 Å².